The second kappa shape index (κ2) is 11.6. The molecule has 1 aromatic heterocycles. The summed E-state index contributed by atoms with van der Waals surface area (Å²) in [6.07, 6.45) is -0.668. The highest BCUT2D eigenvalue weighted by molar-refractivity contribution is 7.52. The minimum Gasteiger partial charge on any atom is -0.451 e. The van der Waals surface area contributed by atoms with Crippen LogP contribution in [0.3, 0.4) is 0 Å². The summed E-state index contributed by atoms with van der Waals surface area (Å²) in [5.41, 5.74) is -1.47. The number of nitrogens with one attached hydrogen (secondary N) is 2. The molecule has 2 heterocycles. The highest BCUT2D eigenvalue weighted by atomic mass is 31.2. The number of rotatable bonds is 10. The second-order valence-corrected chi connectivity index (χ2v) is 9.53. The molecule has 14 heteroatoms. The number of esters is 1. The van der Waals surface area contributed by atoms with Gasteiger partial charge in [0.25, 0.3) is 5.56 Å². The normalized spacial score (nSPS) is 23.9. The molecule has 0 amide bonds. The Labute approximate surface area is 204 Å². The highest BCUT2D eigenvalue weighted by Gasteiger charge is 2.47. The molecule has 12 nitrogen and oxygen atoms in total. The van der Waals surface area contributed by atoms with Crippen LogP contribution in [-0.4, -0.2) is 58.3 Å². The molecule has 2 aromatic rings. The molecule has 1 aromatic carbocycles. The van der Waals surface area contributed by atoms with Gasteiger partial charge in [-0.15, -0.1) is 6.42 Å². The van der Waals surface area contributed by atoms with Crippen molar-refractivity contribution in [3.05, 3.63) is 62.9 Å². The maximum Gasteiger partial charge on any atom is 0.459 e. The fraction of sp³-hybridized carbons (Fsp3) is 0.409. The lowest BCUT2D eigenvalue weighted by molar-refractivity contribution is -0.143. The molecule has 194 valence electrons. The fourth-order valence-electron chi connectivity index (χ4n) is 3.25. The number of para-hydroxylation sites is 1. The van der Waals surface area contributed by atoms with Crippen molar-refractivity contribution in [1.29, 1.82) is 0 Å². The number of halogens is 1. The number of aromatic amines is 1. The molecule has 6 atom stereocenters. The van der Waals surface area contributed by atoms with E-state index in [1.54, 1.807) is 18.2 Å². The Balaban J connectivity index is 1.77. The third kappa shape index (κ3) is 6.48. The van der Waals surface area contributed by atoms with E-state index in [-0.39, 0.29) is 17.9 Å². The summed E-state index contributed by atoms with van der Waals surface area (Å²) in [5, 5.41) is 12.8. The van der Waals surface area contributed by atoms with Crippen molar-refractivity contribution in [3.8, 4) is 18.1 Å². The number of hydrogen-bond acceptors (Lipinski definition) is 9. The van der Waals surface area contributed by atoms with Crippen LogP contribution in [0, 0.1) is 19.3 Å². The number of carbonyl (C=O) groups is 1. The van der Waals surface area contributed by atoms with Crippen molar-refractivity contribution in [2.24, 2.45) is 0 Å². The quantitative estimate of drug-likeness (QED) is 0.230. The van der Waals surface area contributed by atoms with Gasteiger partial charge in [-0.2, -0.15) is 5.09 Å². The molecule has 3 rings (SSSR count). The zero-order valence-corrected chi connectivity index (χ0v) is 20.2. The molecule has 0 radical (unpaired) electrons. The smallest absolute Gasteiger partial charge is 0.451 e. The van der Waals surface area contributed by atoms with E-state index in [0.29, 0.717) is 0 Å². The first-order valence-electron chi connectivity index (χ1n) is 10.7. The van der Waals surface area contributed by atoms with Gasteiger partial charge in [-0.1, -0.05) is 24.1 Å². The van der Waals surface area contributed by atoms with E-state index in [0.717, 1.165) is 10.8 Å². The van der Waals surface area contributed by atoms with Gasteiger partial charge in [-0.25, -0.2) is 13.8 Å². The number of carbonyl (C=O) groups excluding carboxylic acids is 1. The van der Waals surface area contributed by atoms with Gasteiger partial charge in [0, 0.05) is 11.8 Å². The van der Waals surface area contributed by atoms with E-state index < -0.39 is 62.2 Å². The van der Waals surface area contributed by atoms with E-state index in [9.17, 15) is 28.4 Å². The lowest BCUT2D eigenvalue weighted by Crippen LogP contribution is -2.37. The fourth-order valence-corrected chi connectivity index (χ4v) is 4.75. The summed E-state index contributed by atoms with van der Waals surface area (Å²) in [4.78, 5) is 37.9. The molecule has 0 saturated carbocycles. The van der Waals surface area contributed by atoms with Crippen LogP contribution in [0.15, 0.2) is 46.1 Å². The van der Waals surface area contributed by atoms with Crippen LogP contribution in [0.25, 0.3) is 0 Å². The maximum absolute atomic E-state index is 14.9. The van der Waals surface area contributed by atoms with Gasteiger partial charge in [0.05, 0.1) is 6.61 Å². The van der Waals surface area contributed by atoms with E-state index in [2.05, 4.69) is 11.0 Å². The molecule has 36 heavy (non-hydrogen) atoms. The standard InChI is InChI=1S/C22H25FN3O9P/c1-4-10-32-21(29)14(3)25-36(31,35-15-8-6-5-7-9-15)33-12-16-18(27)17(23)20(34-16)26-11-13(2)19(28)24-22(26)30/h1,5-9,11,14,16-18,20,27H,10,12H2,2-3H3,(H,25,31)(H,24,28,30)/t14-,16-,17+,18-,20-,36-/m0/s1. The summed E-state index contributed by atoms with van der Waals surface area (Å²) in [6.45, 7) is 1.79. The number of benzene rings is 1. The Morgan fingerprint density at radius 2 is 2.08 bits per heavy atom. The number of aliphatic hydroxyl groups excluding tert-OH is 1. The SMILES string of the molecule is C#CCOC(=O)[C@H](C)N[P@](=O)(OC[C@@H]1O[C@H](n2cc(C)c(=O)[nH]c2=O)[C@H](F)[C@H]1O)Oc1ccccc1. The number of aromatic nitrogens is 2. The Morgan fingerprint density at radius 3 is 2.75 bits per heavy atom. The number of hydrogen-bond donors (Lipinski definition) is 3. The molecule has 1 aliphatic rings. The minimum atomic E-state index is -4.33. The summed E-state index contributed by atoms with van der Waals surface area (Å²) in [6, 6.07) is 6.69. The molecule has 0 bridgehead atoms. The summed E-state index contributed by atoms with van der Waals surface area (Å²) in [7, 11) is -4.33. The molecule has 0 aliphatic carbocycles. The largest absolute Gasteiger partial charge is 0.459 e. The van der Waals surface area contributed by atoms with E-state index >= 15 is 0 Å². The number of ether oxygens (including phenoxy) is 2. The Hall–Kier alpha value is -3.27. The number of H-pyrrole nitrogens is 1. The van der Waals surface area contributed by atoms with Crippen molar-refractivity contribution in [2.75, 3.05) is 13.2 Å². The topological polar surface area (TPSA) is 158 Å². The third-order valence-corrected chi connectivity index (χ3v) is 6.74. The van der Waals surface area contributed by atoms with E-state index in [1.165, 1.54) is 26.0 Å². The van der Waals surface area contributed by atoms with Crippen molar-refractivity contribution in [1.82, 2.24) is 14.6 Å². The first-order valence-corrected chi connectivity index (χ1v) is 12.3. The number of aliphatic hydroxyl groups is 1. The second-order valence-electron chi connectivity index (χ2n) is 7.84. The van der Waals surface area contributed by atoms with Crippen LogP contribution < -0.4 is 20.9 Å². The number of alkyl halides is 1. The number of terminal acetylenes is 1. The predicted octanol–water partition coefficient (Wildman–Crippen LogP) is 0.800. The van der Waals surface area contributed by atoms with Gasteiger partial charge in [0.1, 0.15) is 24.0 Å². The van der Waals surface area contributed by atoms with Crippen LogP contribution in [0.5, 0.6) is 5.75 Å². The van der Waals surface area contributed by atoms with Crippen molar-refractivity contribution in [3.63, 3.8) is 0 Å². The molecule has 0 spiro atoms. The zero-order chi connectivity index (χ0) is 26.5. The molecular formula is C22H25FN3O9P. The van der Waals surface area contributed by atoms with Crippen molar-refractivity contribution in [2.45, 2.75) is 44.5 Å². The summed E-state index contributed by atoms with van der Waals surface area (Å²) in [5.74, 6) is 1.42. The van der Waals surface area contributed by atoms with E-state index in [4.69, 9.17) is 24.9 Å². The highest BCUT2D eigenvalue weighted by Crippen LogP contribution is 2.46. The van der Waals surface area contributed by atoms with Gasteiger partial charge in [0.2, 0.25) is 0 Å². The van der Waals surface area contributed by atoms with Crippen molar-refractivity contribution >= 4 is 13.7 Å². The van der Waals surface area contributed by atoms with Gasteiger partial charge in [0.15, 0.2) is 19.0 Å². The minimum absolute atomic E-state index is 0.121. The van der Waals surface area contributed by atoms with Gasteiger partial charge >= 0.3 is 19.4 Å². The van der Waals surface area contributed by atoms with Gasteiger partial charge in [-0.3, -0.25) is 23.7 Å². The Bertz CT molecular complexity index is 1280. The first kappa shape index (κ1) is 27.3. The zero-order valence-electron chi connectivity index (χ0n) is 19.3. The predicted molar refractivity (Wildman–Crippen MR) is 124 cm³/mol. The average Bonchev–Trinajstić information content (AvgIpc) is 3.12. The number of aryl methyl sites for hydroxylation is 1. The summed E-state index contributed by atoms with van der Waals surface area (Å²) >= 11 is 0. The summed E-state index contributed by atoms with van der Waals surface area (Å²) < 4.78 is 50.3. The third-order valence-electron chi connectivity index (χ3n) is 5.09. The molecule has 1 fully saturated rings. The van der Waals surface area contributed by atoms with Crippen LogP contribution in [0.4, 0.5) is 4.39 Å². The molecule has 1 saturated heterocycles. The van der Waals surface area contributed by atoms with Gasteiger partial charge < -0.3 is 19.1 Å². The Kier molecular flexibility index (Phi) is 8.84. The lowest BCUT2D eigenvalue weighted by atomic mass is 10.1. The molecular weight excluding hydrogens is 500 g/mol. The van der Waals surface area contributed by atoms with Crippen molar-refractivity contribution < 1.29 is 37.4 Å². The molecule has 1 aliphatic heterocycles. The van der Waals surface area contributed by atoms with Gasteiger partial charge in [-0.05, 0) is 26.0 Å². The average molecular weight is 525 g/mol. The van der Waals surface area contributed by atoms with Crippen LogP contribution in [-0.2, 0) is 23.4 Å². The van der Waals surface area contributed by atoms with Crippen LogP contribution in [0.1, 0.15) is 18.7 Å². The first-order chi connectivity index (χ1) is 17.0. The van der Waals surface area contributed by atoms with Crippen LogP contribution >= 0.6 is 7.75 Å². The number of nitrogens with zero attached hydrogens (tertiary/aromatic N) is 1. The monoisotopic (exact) mass is 525 g/mol. The Morgan fingerprint density at radius 1 is 1.39 bits per heavy atom. The molecule has 0 unspecified atom stereocenters. The molecule has 3 N–H and O–H groups in total. The lowest BCUT2D eigenvalue weighted by Gasteiger charge is -2.24. The van der Waals surface area contributed by atoms with Crippen LogP contribution in [0.2, 0.25) is 0 Å². The van der Waals surface area contributed by atoms with E-state index in [1.807, 2.05) is 4.98 Å². The maximum atomic E-state index is 14.9.